The molecule has 1 heterocycles. The number of ether oxygens (including phenoxy) is 1. The summed E-state index contributed by atoms with van der Waals surface area (Å²) >= 11 is 0. The van der Waals surface area contributed by atoms with E-state index in [-0.39, 0.29) is 23.9 Å². The maximum atomic E-state index is 11.6. The minimum Gasteiger partial charge on any atom is -0.444 e. The maximum Gasteiger partial charge on any atom is 0.408 e. The molecule has 9 heteroatoms. The van der Waals surface area contributed by atoms with Gasteiger partial charge in [-0.05, 0) is 27.7 Å². The first kappa shape index (κ1) is 17.4. The Hall–Kier alpha value is -2.97. The predicted octanol–water partition coefficient (Wildman–Crippen LogP) is 2.98. The fourth-order valence-corrected chi connectivity index (χ4v) is 1.85. The van der Waals surface area contributed by atoms with Gasteiger partial charge in [0, 0.05) is 17.2 Å². The van der Waals surface area contributed by atoms with Crippen LogP contribution in [-0.4, -0.2) is 26.8 Å². The smallest absolute Gasteiger partial charge is 0.408 e. The van der Waals surface area contributed by atoms with Crippen molar-refractivity contribution in [1.82, 2.24) is 15.5 Å². The van der Waals surface area contributed by atoms with Crippen LogP contribution >= 0.6 is 0 Å². The Morgan fingerprint density at radius 1 is 1.42 bits per heavy atom. The summed E-state index contributed by atoms with van der Waals surface area (Å²) in [5.41, 5.74) is 0.370. The van der Waals surface area contributed by atoms with E-state index in [0.717, 1.165) is 0 Å². The zero-order chi connectivity index (χ0) is 17.9. The van der Waals surface area contributed by atoms with Crippen LogP contribution in [0.5, 0.6) is 0 Å². The van der Waals surface area contributed by atoms with Crippen LogP contribution in [0.15, 0.2) is 22.7 Å². The molecule has 0 aliphatic carbocycles. The molecule has 2 aromatic rings. The molecule has 2 rings (SSSR count). The van der Waals surface area contributed by atoms with E-state index in [2.05, 4.69) is 15.5 Å². The van der Waals surface area contributed by atoms with Crippen LogP contribution in [0.4, 0.5) is 10.5 Å². The molecule has 0 bridgehead atoms. The van der Waals surface area contributed by atoms with E-state index in [1.807, 2.05) is 0 Å². The first-order valence-corrected chi connectivity index (χ1v) is 7.20. The molecule has 1 aromatic carbocycles. The Morgan fingerprint density at radius 2 is 2.12 bits per heavy atom. The quantitative estimate of drug-likeness (QED) is 0.674. The second kappa shape index (κ2) is 6.65. The van der Waals surface area contributed by atoms with Crippen LogP contribution in [0.1, 0.15) is 32.2 Å². The molecule has 0 radical (unpaired) electrons. The number of amides is 1. The highest BCUT2D eigenvalue weighted by atomic mass is 16.6. The fourth-order valence-electron chi connectivity index (χ4n) is 1.85. The maximum absolute atomic E-state index is 11.6. The molecule has 1 aromatic heterocycles. The first-order valence-electron chi connectivity index (χ1n) is 7.20. The van der Waals surface area contributed by atoms with Crippen molar-refractivity contribution in [2.24, 2.45) is 0 Å². The highest BCUT2D eigenvalue weighted by molar-refractivity contribution is 5.67. The average Bonchev–Trinajstić information content (AvgIpc) is 2.92. The van der Waals surface area contributed by atoms with Gasteiger partial charge >= 0.3 is 6.09 Å². The average molecular weight is 334 g/mol. The number of aromatic nitrogens is 2. The molecule has 0 fully saturated rings. The summed E-state index contributed by atoms with van der Waals surface area (Å²) in [6, 6.07) is 4.66. The largest absolute Gasteiger partial charge is 0.444 e. The van der Waals surface area contributed by atoms with Crippen LogP contribution in [0, 0.1) is 17.0 Å². The molecule has 0 saturated carbocycles. The van der Waals surface area contributed by atoms with Gasteiger partial charge < -0.3 is 14.6 Å². The number of nitrogens with zero attached hydrogens (tertiary/aromatic N) is 3. The number of carbonyl (C=O) groups excluding carboxylic acids is 1. The number of aryl methyl sites for hydroxylation is 1. The zero-order valence-corrected chi connectivity index (χ0v) is 13.8. The van der Waals surface area contributed by atoms with Gasteiger partial charge in [-0.2, -0.15) is 4.98 Å². The molecule has 128 valence electrons. The van der Waals surface area contributed by atoms with Gasteiger partial charge in [-0.3, -0.25) is 10.1 Å². The highest BCUT2D eigenvalue weighted by Gasteiger charge is 2.18. The Balaban J connectivity index is 2.07. The van der Waals surface area contributed by atoms with E-state index >= 15 is 0 Å². The number of alkyl carbamates (subject to hydrolysis) is 1. The van der Waals surface area contributed by atoms with Crippen LogP contribution in [0.2, 0.25) is 0 Å². The lowest BCUT2D eigenvalue weighted by Gasteiger charge is -2.19. The zero-order valence-electron chi connectivity index (χ0n) is 13.8. The Kier molecular flexibility index (Phi) is 4.82. The van der Waals surface area contributed by atoms with Gasteiger partial charge in [0.05, 0.1) is 4.92 Å². The van der Waals surface area contributed by atoms with Gasteiger partial charge in [0.15, 0.2) is 0 Å². The summed E-state index contributed by atoms with van der Waals surface area (Å²) < 4.78 is 10.1. The number of nitro benzene ring substituents is 1. The third-order valence-electron chi connectivity index (χ3n) is 2.91. The van der Waals surface area contributed by atoms with Gasteiger partial charge in [0.2, 0.25) is 11.7 Å². The van der Waals surface area contributed by atoms with Crippen molar-refractivity contribution in [1.29, 1.82) is 0 Å². The number of hydrogen-bond donors (Lipinski definition) is 1. The number of hydrogen-bond acceptors (Lipinski definition) is 7. The van der Waals surface area contributed by atoms with Gasteiger partial charge in [0.1, 0.15) is 12.1 Å². The summed E-state index contributed by atoms with van der Waals surface area (Å²) in [4.78, 5) is 26.2. The first-order chi connectivity index (χ1) is 11.2. The summed E-state index contributed by atoms with van der Waals surface area (Å²) in [5.74, 6) is 0.373. The van der Waals surface area contributed by atoms with Gasteiger partial charge in [-0.15, -0.1) is 0 Å². The summed E-state index contributed by atoms with van der Waals surface area (Å²) in [6.45, 7) is 6.90. The van der Waals surface area contributed by atoms with E-state index in [1.165, 1.54) is 6.07 Å². The van der Waals surface area contributed by atoms with Gasteiger partial charge in [0.25, 0.3) is 5.69 Å². The SMILES string of the molecule is Cc1ccc(-c2noc(CNC(=O)OC(C)(C)C)n2)cc1[N+](=O)[O-]. The molecule has 0 spiro atoms. The summed E-state index contributed by atoms with van der Waals surface area (Å²) in [5, 5.41) is 17.2. The van der Waals surface area contributed by atoms with Crippen molar-refractivity contribution in [3.63, 3.8) is 0 Å². The standard InChI is InChI=1S/C15H18N4O5/c1-9-5-6-10(7-11(9)19(21)22)13-17-12(24-18-13)8-16-14(20)23-15(2,3)4/h5-7H,8H2,1-4H3,(H,16,20). The summed E-state index contributed by atoms with van der Waals surface area (Å²) in [6.07, 6.45) is -0.603. The fraction of sp³-hybridized carbons (Fsp3) is 0.400. The Morgan fingerprint density at radius 3 is 2.75 bits per heavy atom. The number of nitro groups is 1. The number of benzene rings is 1. The van der Waals surface area contributed by atoms with E-state index in [0.29, 0.717) is 11.1 Å². The Bertz CT molecular complexity index is 763. The molecule has 24 heavy (non-hydrogen) atoms. The number of carbonyl (C=O) groups is 1. The van der Waals surface area contributed by atoms with Gasteiger partial charge in [-0.25, -0.2) is 4.79 Å². The molecule has 0 saturated heterocycles. The molecule has 1 N–H and O–H groups in total. The van der Waals surface area contributed by atoms with Crippen molar-refractivity contribution < 1.29 is 19.0 Å². The minimum absolute atomic E-state index is 0.00410. The second-order valence-corrected chi connectivity index (χ2v) is 6.13. The minimum atomic E-state index is -0.606. The van der Waals surface area contributed by atoms with Crippen molar-refractivity contribution in [2.75, 3.05) is 0 Å². The molecule has 1 amide bonds. The van der Waals surface area contributed by atoms with Crippen LogP contribution in [-0.2, 0) is 11.3 Å². The van der Waals surface area contributed by atoms with Crippen LogP contribution in [0.25, 0.3) is 11.4 Å². The number of nitrogens with one attached hydrogen (secondary N) is 1. The van der Waals surface area contributed by atoms with Crippen LogP contribution in [0.3, 0.4) is 0 Å². The van der Waals surface area contributed by atoms with Crippen molar-refractivity contribution in [2.45, 2.75) is 39.8 Å². The van der Waals surface area contributed by atoms with Crippen molar-refractivity contribution >= 4 is 11.8 Å². The van der Waals surface area contributed by atoms with Gasteiger partial charge in [-0.1, -0.05) is 17.3 Å². The van der Waals surface area contributed by atoms with E-state index in [9.17, 15) is 14.9 Å². The van der Waals surface area contributed by atoms with Crippen molar-refractivity contribution in [3.8, 4) is 11.4 Å². The second-order valence-electron chi connectivity index (χ2n) is 6.13. The van der Waals surface area contributed by atoms with E-state index in [1.54, 1.807) is 39.8 Å². The number of rotatable bonds is 4. The third-order valence-corrected chi connectivity index (χ3v) is 2.91. The van der Waals surface area contributed by atoms with Crippen LogP contribution < -0.4 is 5.32 Å². The molecular weight excluding hydrogens is 316 g/mol. The molecule has 0 aliphatic heterocycles. The molecule has 9 nitrogen and oxygen atoms in total. The van der Waals surface area contributed by atoms with Crippen molar-refractivity contribution in [3.05, 3.63) is 39.8 Å². The highest BCUT2D eigenvalue weighted by Crippen LogP contribution is 2.25. The molecule has 0 aliphatic rings. The van der Waals surface area contributed by atoms with E-state index < -0.39 is 16.6 Å². The topological polar surface area (TPSA) is 120 Å². The lowest BCUT2D eigenvalue weighted by molar-refractivity contribution is -0.385. The summed E-state index contributed by atoms with van der Waals surface area (Å²) in [7, 11) is 0. The van der Waals surface area contributed by atoms with E-state index in [4.69, 9.17) is 9.26 Å². The molecule has 0 atom stereocenters. The molecule has 0 unspecified atom stereocenters. The monoisotopic (exact) mass is 334 g/mol. The lowest BCUT2D eigenvalue weighted by Crippen LogP contribution is -2.32. The predicted molar refractivity (Wildman–Crippen MR) is 84.2 cm³/mol. The lowest BCUT2D eigenvalue weighted by atomic mass is 10.1. The normalized spacial score (nSPS) is 11.2. The molecular formula is C15H18N4O5. The third kappa shape index (κ3) is 4.51. The Labute approximate surface area is 138 Å².